The summed E-state index contributed by atoms with van der Waals surface area (Å²) in [4.78, 5) is 17.5. The first-order chi connectivity index (χ1) is 10.5. The van der Waals surface area contributed by atoms with Crippen molar-refractivity contribution in [2.24, 2.45) is 0 Å². The van der Waals surface area contributed by atoms with Crippen LogP contribution < -0.4 is 0 Å². The predicted molar refractivity (Wildman–Crippen MR) is 116 cm³/mol. The average Bonchev–Trinajstić information content (AvgIpc) is 2.95. The summed E-state index contributed by atoms with van der Waals surface area (Å²) in [6, 6.07) is 8.05. The standard InChI is InChI=1S/C15H17I3N2O2/c1-10(12-6-19-13-5-3-2-4-11(12)13)15(7-16,14(21)22)20(8-17)9-18/h2-6,10,19H,7-9H2,1H3,(H,21,22). The quantitative estimate of drug-likeness (QED) is 0.265. The normalized spacial score (nSPS) is 15.9. The zero-order chi connectivity index (χ0) is 16.3. The molecule has 1 aromatic heterocycles. The van der Waals surface area contributed by atoms with Gasteiger partial charge in [0.25, 0.3) is 0 Å². The van der Waals surface area contributed by atoms with E-state index in [1.165, 1.54) is 0 Å². The lowest BCUT2D eigenvalue weighted by Crippen LogP contribution is -2.58. The lowest BCUT2D eigenvalue weighted by molar-refractivity contribution is -0.149. The monoisotopic (exact) mass is 638 g/mol. The summed E-state index contributed by atoms with van der Waals surface area (Å²) in [5.74, 6) is -0.879. The van der Waals surface area contributed by atoms with Crippen LogP contribution in [0.4, 0.5) is 0 Å². The van der Waals surface area contributed by atoms with E-state index in [0.29, 0.717) is 13.5 Å². The highest BCUT2D eigenvalue weighted by Crippen LogP contribution is 2.39. The molecule has 2 N–H and O–H groups in total. The molecule has 1 aromatic carbocycles. The number of halogens is 3. The Bertz CT molecular complexity index is 657. The SMILES string of the molecule is CC(c1c[nH]c2ccccc12)C(CI)(C(=O)O)N(CI)CI. The van der Waals surface area contributed by atoms with Gasteiger partial charge in [-0.3, -0.25) is 9.69 Å². The van der Waals surface area contributed by atoms with Gasteiger partial charge in [-0.15, -0.1) is 0 Å². The highest BCUT2D eigenvalue weighted by molar-refractivity contribution is 14.1. The third kappa shape index (κ3) is 3.14. The predicted octanol–water partition coefficient (Wildman–Crippen LogP) is 4.62. The summed E-state index contributed by atoms with van der Waals surface area (Å²) < 4.78 is 1.90. The summed E-state index contributed by atoms with van der Waals surface area (Å²) in [5.41, 5.74) is 1.20. The zero-order valence-corrected chi connectivity index (χ0v) is 18.5. The van der Waals surface area contributed by atoms with Gasteiger partial charge in [-0.2, -0.15) is 0 Å². The van der Waals surface area contributed by atoms with Gasteiger partial charge >= 0.3 is 5.97 Å². The van der Waals surface area contributed by atoms with E-state index in [-0.39, 0.29) is 5.92 Å². The molecule has 0 amide bonds. The van der Waals surface area contributed by atoms with Crippen LogP contribution in [0.2, 0.25) is 0 Å². The van der Waals surface area contributed by atoms with Crippen LogP contribution in [-0.2, 0) is 4.79 Å². The number of aliphatic carboxylic acids is 1. The minimum atomic E-state index is -0.909. The molecule has 4 nitrogen and oxygen atoms in total. The van der Waals surface area contributed by atoms with Gasteiger partial charge < -0.3 is 10.1 Å². The maximum absolute atomic E-state index is 12.2. The van der Waals surface area contributed by atoms with Crippen LogP contribution in [0.5, 0.6) is 0 Å². The summed E-state index contributed by atoms with van der Waals surface area (Å²) in [6.45, 7) is 2.02. The van der Waals surface area contributed by atoms with Crippen LogP contribution in [0.15, 0.2) is 30.5 Å². The number of H-pyrrole nitrogens is 1. The molecule has 7 heteroatoms. The van der Waals surface area contributed by atoms with Crippen molar-refractivity contribution in [1.82, 2.24) is 9.88 Å². The van der Waals surface area contributed by atoms with E-state index in [2.05, 4.69) is 78.8 Å². The molecule has 0 aliphatic carbocycles. The van der Waals surface area contributed by atoms with Gasteiger partial charge in [0.2, 0.25) is 0 Å². The van der Waals surface area contributed by atoms with E-state index in [1.54, 1.807) is 0 Å². The number of nitrogens with zero attached hydrogens (tertiary/aromatic N) is 1. The second-order valence-electron chi connectivity index (χ2n) is 5.15. The van der Waals surface area contributed by atoms with Crippen molar-refractivity contribution in [2.75, 3.05) is 13.5 Å². The molecular formula is C15H17I3N2O2. The smallest absolute Gasteiger partial charge is 0.325 e. The Hall–Kier alpha value is 0.380. The number of nitrogens with one attached hydrogen (secondary N) is 1. The molecule has 2 unspecified atom stereocenters. The lowest BCUT2D eigenvalue weighted by atomic mass is 9.80. The fraction of sp³-hybridized carbons (Fsp3) is 0.400. The molecule has 1 heterocycles. The highest BCUT2D eigenvalue weighted by Gasteiger charge is 2.48. The number of carboxylic acids is 1. The second-order valence-corrected chi connectivity index (χ2v) is 7.28. The van der Waals surface area contributed by atoms with Crippen molar-refractivity contribution in [1.29, 1.82) is 0 Å². The number of hydrogen-bond acceptors (Lipinski definition) is 2. The molecule has 0 bridgehead atoms. The first-order valence-corrected chi connectivity index (χ1v) is 11.3. The molecule has 0 fully saturated rings. The third-order valence-corrected chi connectivity index (χ3v) is 7.04. The number of rotatable bonds is 7. The summed E-state index contributed by atoms with van der Waals surface area (Å²) in [7, 11) is 0. The number of para-hydroxylation sites is 1. The Morgan fingerprint density at radius 3 is 2.50 bits per heavy atom. The van der Waals surface area contributed by atoms with Gasteiger partial charge in [0, 0.05) is 27.4 Å². The molecule has 0 spiro atoms. The lowest BCUT2D eigenvalue weighted by Gasteiger charge is -2.41. The van der Waals surface area contributed by atoms with Crippen molar-refractivity contribution in [3.8, 4) is 0 Å². The zero-order valence-electron chi connectivity index (χ0n) is 12.0. The molecular weight excluding hydrogens is 621 g/mol. The van der Waals surface area contributed by atoms with E-state index in [0.717, 1.165) is 16.5 Å². The van der Waals surface area contributed by atoms with Gasteiger partial charge in [0.15, 0.2) is 0 Å². The number of fused-ring (bicyclic) bond motifs is 1. The van der Waals surface area contributed by atoms with Gasteiger partial charge in [-0.05, 0) is 11.6 Å². The molecule has 2 rings (SSSR count). The number of benzene rings is 1. The Morgan fingerprint density at radius 2 is 1.95 bits per heavy atom. The number of alkyl halides is 3. The van der Waals surface area contributed by atoms with Crippen molar-refractivity contribution in [2.45, 2.75) is 18.4 Å². The van der Waals surface area contributed by atoms with Gasteiger partial charge in [-0.1, -0.05) is 92.9 Å². The van der Waals surface area contributed by atoms with Gasteiger partial charge in [0.05, 0.1) is 9.10 Å². The van der Waals surface area contributed by atoms with E-state index in [9.17, 15) is 9.90 Å². The van der Waals surface area contributed by atoms with E-state index in [1.807, 2.05) is 36.2 Å². The highest BCUT2D eigenvalue weighted by atomic mass is 127. The molecule has 0 aliphatic rings. The Kier molecular flexibility index (Phi) is 6.78. The fourth-order valence-corrected chi connectivity index (χ4v) is 6.90. The fourth-order valence-electron chi connectivity index (χ4n) is 2.81. The number of carbonyl (C=O) groups is 1. The van der Waals surface area contributed by atoms with Gasteiger partial charge in [0.1, 0.15) is 5.54 Å². The van der Waals surface area contributed by atoms with Crippen molar-refractivity contribution < 1.29 is 9.90 Å². The van der Waals surface area contributed by atoms with E-state index in [4.69, 9.17) is 0 Å². The second kappa shape index (κ2) is 7.97. The van der Waals surface area contributed by atoms with Crippen molar-refractivity contribution in [3.63, 3.8) is 0 Å². The van der Waals surface area contributed by atoms with Crippen LogP contribution in [0.3, 0.4) is 0 Å². The van der Waals surface area contributed by atoms with Crippen LogP contribution in [0.1, 0.15) is 18.4 Å². The van der Waals surface area contributed by atoms with Crippen LogP contribution in [-0.4, -0.2) is 40.0 Å². The average molecular weight is 638 g/mol. The molecule has 0 radical (unpaired) electrons. The number of aromatic amines is 1. The van der Waals surface area contributed by atoms with Gasteiger partial charge in [-0.25, -0.2) is 0 Å². The van der Waals surface area contributed by atoms with Crippen LogP contribution in [0.25, 0.3) is 10.9 Å². The summed E-state index contributed by atoms with van der Waals surface area (Å²) >= 11 is 6.70. The van der Waals surface area contributed by atoms with Crippen molar-refractivity contribution >= 4 is 84.6 Å². The van der Waals surface area contributed by atoms with E-state index < -0.39 is 11.5 Å². The Balaban J connectivity index is 2.58. The number of aromatic nitrogens is 1. The maximum Gasteiger partial charge on any atom is 0.325 e. The van der Waals surface area contributed by atoms with Crippen LogP contribution in [0, 0.1) is 0 Å². The number of hydrogen-bond donors (Lipinski definition) is 2. The maximum atomic E-state index is 12.2. The molecule has 22 heavy (non-hydrogen) atoms. The third-order valence-electron chi connectivity index (χ3n) is 4.23. The summed E-state index contributed by atoms with van der Waals surface area (Å²) in [6.07, 6.45) is 1.96. The molecule has 2 atom stereocenters. The molecule has 0 aliphatic heterocycles. The Labute approximate surface area is 170 Å². The number of carboxylic acid groups (broad SMARTS) is 1. The molecule has 120 valence electrons. The summed E-state index contributed by atoms with van der Waals surface area (Å²) in [5, 5.41) is 11.1. The Morgan fingerprint density at radius 1 is 1.32 bits per heavy atom. The van der Waals surface area contributed by atoms with Crippen LogP contribution >= 0.6 is 67.8 Å². The first-order valence-electron chi connectivity index (χ1n) is 6.75. The minimum absolute atomic E-state index is 0.123. The first kappa shape index (κ1) is 18.7. The topological polar surface area (TPSA) is 56.3 Å². The molecule has 0 saturated carbocycles. The largest absolute Gasteiger partial charge is 0.480 e. The minimum Gasteiger partial charge on any atom is -0.480 e. The van der Waals surface area contributed by atoms with E-state index >= 15 is 0 Å². The molecule has 2 aromatic rings. The molecule has 0 saturated heterocycles. The van der Waals surface area contributed by atoms with Crippen molar-refractivity contribution in [3.05, 3.63) is 36.0 Å².